The van der Waals surface area contributed by atoms with Crippen LogP contribution in [0.4, 0.5) is 11.4 Å². The molecule has 0 saturated carbocycles. The summed E-state index contributed by atoms with van der Waals surface area (Å²) in [6.07, 6.45) is 0. The van der Waals surface area contributed by atoms with Crippen molar-refractivity contribution in [3.63, 3.8) is 0 Å². The van der Waals surface area contributed by atoms with Crippen LogP contribution in [0.25, 0.3) is 0 Å². The van der Waals surface area contributed by atoms with Crippen LogP contribution in [0, 0.1) is 10.1 Å². The minimum atomic E-state index is -3.55. The number of hydrogen-bond donors (Lipinski definition) is 0. The molecule has 0 spiro atoms. The van der Waals surface area contributed by atoms with Gasteiger partial charge >= 0.3 is 0 Å². The van der Waals surface area contributed by atoms with Crippen LogP contribution in [0.2, 0.25) is 5.02 Å². The fourth-order valence-electron chi connectivity index (χ4n) is 2.79. The van der Waals surface area contributed by atoms with Gasteiger partial charge in [0.1, 0.15) is 0 Å². The second kappa shape index (κ2) is 7.51. The highest BCUT2D eigenvalue weighted by atomic mass is 79.9. The lowest BCUT2D eigenvalue weighted by Crippen LogP contribution is -2.48. The summed E-state index contributed by atoms with van der Waals surface area (Å²) in [6, 6.07) is 10.8. The molecule has 0 N–H and O–H groups in total. The molecule has 1 aliphatic rings. The minimum Gasteiger partial charge on any atom is -0.368 e. The highest BCUT2D eigenvalue weighted by molar-refractivity contribution is 9.10. The molecule has 0 radical (unpaired) electrons. The van der Waals surface area contributed by atoms with E-state index in [0.29, 0.717) is 31.9 Å². The van der Waals surface area contributed by atoms with E-state index >= 15 is 0 Å². The van der Waals surface area contributed by atoms with E-state index in [4.69, 9.17) is 11.6 Å². The van der Waals surface area contributed by atoms with Crippen LogP contribution >= 0.6 is 27.5 Å². The molecule has 7 nitrogen and oxygen atoms in total. The molecule has 1 aliphatic heterocycles. The van der Waals surface area contributed by atoms with Gasteiger partial charge in [0, 0.05) is 42.8 Å². The summed E-state index contributed by atoms with van der Waals surface area (Å²) in [5, 5.41) is 11.1. The fraction of sp³-hybridized carbons (Fsp3) is 0.250. The van der Waals surface area contributed by atoms with Crippen LogP contribution in [-0.2, 0) is 10.0 Å². The molecule has 0 aromatic heterocycles. The van der Waals surface area contributed by atoms with Crippen molar-refractivity contribution in [2.45, 2.75) is 4.90 Å². The zero-order chi connectivity index (χ0) is 18.9. The van der Waals surface area contributed by atoms with E-state index in [1.54, 1.807) is 30.3 Å². The minimum absolute atomic E-state index is 0.0739. The van der Waals surface area contributed by atoms with Crippen LogP contribution in [0.15, 0.2) is 51.8 Å². The highest BCUT2D eigenvalue weighted by Gasteiger charge is 2.29. The van der Waals surface area contributed by atoms with Crippen LogP contribution in [0.1, 0.15) is 0 Å². The van der Waals surface area contributed by atoms with Crippen LogP contribution in [0.5, 0.6) is 0 Å². The molecule has 0 atom stereocenters. The Morgan fingerprint density at radius 2 is 1.65 bits per heavy atom. The van der Waals surface area contributed by atoms with E-state index in [-0.39, 0.29) is 15.6 Å². The van der Waals surface area contributed by atoms with Gasteiger partial charge in [0.15, 0.2) is 0 Å². The van der Waals surface area contributed by atoms with Gasteiger partial charge in [-0.15, -0.1) is 0 Å². The van der Waals surface area contributed by atoms with Crippen molar-refractivity contribution < 1.29 is 13.3 Å². The fourth-order valence-corrected chi connectivity index (χ4v) is 4.77. The number of nitrogens with zero attached hydrogens (tertiary/aromatic N) is 3. The van der Waals surface area contributed by atoms with Gasteiger partial charge < -0.3 is 4.90 Å². The Bertz CT molecular complexity index is 929. The normalized spacial score (nSPS) is 15.8. The number of piperazine rings is 1. The van der Waals surface area contributed by atoms with Crippen LogP contribution < -0.4 is 4.90 Å². The number of hydrogen-bond acceptors (Lipinski definition) is 5. The van der Waals surface area contributed by atoms with Crippen molar-refractivity contribution in [1.29, 1.82) is 0 Å². The lowest BCUT2D eigenvalue weighted by molar-refractivity contribution is -0.384. The van der Waals surface area contributed by atoms with E-state index < -0.39 is 14.9 Å². The molecule has 1 fully saturated rings. The van der Waals surface area contributed by atoms with Gasteiger partial charge in [0.2, 0.25) is 10.0 Å². The molecule has 0 amide bonds. The summed E-state index contributed by atoms with van der Waals surface area (Å²) in [4.78, 5) is 12.5. The maximum Gasteiger partial charge on any atom is 0.271 e. The quantitative estimate of drug-likeness (QED) is 0.515. The van der Waals surface area contributed by atoms with Gasteiger partial charge in [-0.1, -0.05) is 27.5 Å². The van der Waals surface area contributed by atoms with Crippen molar-refractivity contribution >= 4 is 48.9 Å². The Morgan fingerprint density at radius 3 is 2.19 bits per heavy atom. The van der Waals surface area contributed by atoms with Gasteiger partial charge in [0.25, 0.3) is 5.69 Å². The second-order valence-electron chi connectivity index (χ2n) is 5.74. The summed E-state index contributed by atoms with van der Waals surface area (Å²) < 4.78 is 27.7. The average molecular weight is 461 g/mol. The largest absolute Gasteiger partial charge is 0.368 e. The Morgan fingerprint density at radius 1 is 1.04 bits per heavy atom. The molecule has 3 rings (SSSR count). The lowest BCUT2D eigenvalue weighted by Gasteiger charge is -2.35. The van der Waals surface area contributed by atoms with E-state index in [2.05, 4.69) is 15.9 Å². The first kappa shape index (κ1) is 19.1. The molecule has 138 valence electrons. The highest BCUT2D eigenvalue weighted by Crippen LogP contribution is 2.31. The monoisotopic (exact) mass is 459 g/mol. The van der Waals surface area contributed by atoms with Crippen molar-refractivity contribution in [3.05, 3.63) is 62.1 Å². The molecule has 0 unspecified atom stereocenters. The van der Waals surface area contributed by atoms with Crippen molar-refractivity contribution in [1.82, 2.24) is 4.31 Å². The first-order valence-electron chi connectivity index (χ1n) is 7.73. The Kier molecular flexibility index (Phi) is 5.52. The molecule has 2 aromatic carbocycles. The van der Waals surface area contributed by atoms with Crippen LogP contribution in [0.3, 0.4) is 0 Å². The Labute approximate surface area is 164 Å². The number of sulfonamides is 1. The van der Waals surface area contributed by atoms with Crippen molar-refractivity contribution in [2.24, 2.45) is 0 Å². The Hall–Kier alpha value is -1.68. The molecule has 10 heteroatoms. The molecule has 0 bridgehead atoms. The standard InChI is InChI=1S/C16H15BrClN3O4S/c17-12-1-4-14(5-2-12)26(24,25)20-9-7-19(8-10-20)16-6-3-13(21(22)23)11-15(16)18/h1-6,11H,7-10H2. The molecule has 0 aliphatic carbocycles. The molecule has 1 saturated heterocycles. The first-order valence-corrected chi connectivity index (χ1v) is 10.3. The molecular formula is C16H15BrClN3O4S. The molecular weight excluding hydrogens is 446 g/mol. The lowest BCUT2D eigenvalue weighted by atomic mass is 10.2. The van der Waals surface area contributed by atoms with Crippen LogP contribution in [-0.4, -0.2) is 43.8 Å². The van der Waals surface area contributed by atoms with Gasteiger partial charge in [-0.25, -0.2) is 8.42 Å². The van der Waals surface area contributed by atoms with Crippen molar-refractivity contribution in [2.75, 3.05) is 31.1 Å². The number of anilines is 1. The van der Waals surface area contributed by atoms with E-state index in [9.17, 15) is 18.5 Å². The van der Waals surface area contributed by atoms with Gasteiger partial charge in [-0.05, 0) is 30.3 Å². The number of nitro groups is 1. The third-order valence-electron chi connectivity index (χ3n) is 4.17. The predicted octanol–water partition coefficient (Wildman–Crippen LogP) is 3.52. The van der Waals surface area contributed by atoms with E-state index in [1.165, 1.54) is 16.4 Å². The molecule has 1 heterocycles. The van der Waals surface area contributed by atoms with Crippen molar-refractivity contribution in [3.8, 4) is 0 Å². The molecule has 26 heavy (non-hydrogen) atoms. The maximum absolute atomic E-state index is 12.7. The zero-order valence-electron chi connectivity index (χ0n) is 13.5. The number of halogens is 2. The summed E-state index contributed by atoms with van der Waals surface area (Å²) in [5.74, 6) is 0. The zero-order valence-corrected chi connectivity index (χ0v) is 16.7. The maximum atomic E-state index is 12.7. The van der Waals surface area contributed by atoms with E-state index in [0.717, 1.165) is 4.47 Å². The third-order valence-corrected chi connectivity index (χ3v) is 6.92. The van der Waals surface area contributed by atoms with Gasteiger partial charge in [-0.3, -0.25) is 10.1 Å². The summed E-state index contributed by atoms with van der Waals surface area (Å²) >= 11 is 9.45. The predicted molar refractivity (Wildman–Crippen MR) is 103 cm³/mol. The third kappa shape index (κ3) is 3.85. The number of rotatable bonds is 4. The smallest absolute Gasteiger partial charge is 0.271 e. The Balaban J connectivity index is 1.73. The van der Waals surface area contributed by atoms with Gasteiger partial charge in [-0.2, -0.15) is 4.31 Å². The second-order valence-corrected chi connectivity index (χ2v) is 9.00. The number of non-ortho nitro benzene ring substituents is 1. The summed E-state index contributed by atoms with van der Waals surface area (Å²) in [6.45, 7) is 1.53. The first-order chi connectivity index (χ1) is 12.3. The van der Waals surface area contributed by atoms with Gasteiger partial charge in [0.05, 0.1) is 20.5 Å². The topological polar surface area (TPSA) is 83.8 Å². The van der Waals surface area contributed by atoms with E-state index in [1.807, 2.05) is 4.90 Å². The summed E-state index contributed by atoms with van der Waals surface area (Å²) in [5.41, 5.74) is 0.591. The summed E-state index contributed by atoms with van der Waals surface area (Å²) in [7, 11) is -3.55. The molecule has 2 aromatic rings. The number of benzene rings is 2. The number of nitro benzene ring substituents is 1. The average Bonchev–Trinajstić information content (AvgIpc) is 2.62. The SMILES string of the molecule is O=[N+]([O-])c1ccc(N2CCN(S(=O)(=O)c3ccc(Br)cc3)CC2)c(Cl)c1.